The molecule has 0 aliphatic rings. The summed E-state index contributed by atoms with van der Waals surface area (Å²) in [5, 5.41) is 2.92. The van der Waals surface area contributed by atoms with Gasteiger partial charge in [-0.15, -0.1) is 0 Å². The highest BCUT2D eigenvalue weighted by Gasteiger charge is 2.19. The monoisotopic (exact) mass is 210 g/mol. The second kappa shape index (κ2) is 4.25. The van der Waals surface area contributed by atoms with Crippen molar-refractivity contribution in [1.29, 1.82) is 0 Å². The van der Waals surface area contributed by atoms with Crippen molar-refractivity contribution in [1.82, 2.24) is 9.78 Å². The van der Waals surface area contributed by atoms with Gasteiger partial charge in [0.05, 0.1) is 5.54 Å². The second-order valence-corrected chi connectivity index (χ2v) is 5.11. The van der Waals surface area contributed by atoms with Gasteiger partial charge in [0.25, 0.3) is 5.56 Å². The van der Waals surface area contributed by atoms with Crippen LogP contribution in [0.1, 0.15) is 51.8 Å². The van der Waals surface area contributed by atoms with Gasteiger partial charge in [-0.05, 0) is 40.5 Å². The molecule has 0 fully saturated rings. The molecule has 1 rings (SSSR count). The fourth-order valence-electron chi connectivity index (χ4n) is 1.87. The molecule has 0 aliphatic heterocycles. The molecule has 0 spiro atoms. The molecule has 1 aromatic rings. The number of nitrogens with zero attached hydrogens (tertiary/aromatic N) is 1. The number of nitrogens with one attached hydrogen (secondary N) is 1. The van der Waals surface area contributed by atoms with Crippen LogP contribution in [0.25, 0.3) is 0 Å². The van der Waals surface area contributed by atoms with Crippen LogP contribution >= 0.6 is 0 Å². The molecule has 0 aliphatic carbocycles. The van der Waals surface area contributed by atoms with Crippen molar-refractivity contribution < 1.29 is 0 Å². The lowest BCUT2D eigenvalue weighted by molar-refractivity contribution is 0.346. The molecule has 0 atom stereocenters. The lowest BCUT2D eigenvalue weighted by atomic mass is 10.1. The van der Waals surface area contributed by atoms with Gasteiger partial charge in [-0.1, -0.05) is 13.3 Å². The first-order chi connectivity index (χ1) is 6.88. The standard InChI is InChI=1S/C12H22N2O/c1-6-7-8-10-9(2)14(12(3,4)5)13-11(10)15/h6-8H2,1-5H3,(H,13,15). The van der Waals surface area contributed by atoms with Crippen LogP contribution in [0.15, 0.2) is 4.79 Å². The average Bonchev–Trinajstić information content (AvgIpc) is 2.39. The lowest BCUT2D eigenvalue weighted by Crippen LogP contribution is -2.25. The van der Waals surface area contributed by atoms with Gasteiger partial charge in [0.1, 0.15) is 0 Å². The van der Waals surface area contributed by atoms with Crippen molar-refractivity contribution in [2.45, 2.75) is 59.4 Å². The summed E-state index contributed by atoms with van der Waals surface area (Å²) in [6.07, 6.45) is 3.10. The molecule has 0 saturated heterocycles. The quantitative estimate of drug-likeness (QED) is 0.818. The van der Waals surface area contributed by atoms with E-state index in [0.717, 1.165) is 30.5 Å². The van der Waals surface area contributed by atoms with Crippen LogP contribution < -0.4 is 5.56 Å². The highest BCUT2D eigenvalue weighted by Crippen LogP contribution is 2.16. The number of unbranched alkanes of at least 4 members (excludes halogenated alkanes) is 1. The SMILES string of the molecule is CCCCc1c(C)n(C(C)(C)C)[nH]c1=O. The molecular formula is C12H22N2O. The van der Waals surface area contributed by atoms with Gasteiger partial charge < -0.3 is 0 Å². The third-order valence-corrected chi connectivity index (χ3v) is 2.71. The maximum Gasteiger partial charge on any atom is 0.267 e. The van der Waals surface area contributed by atoms with Gasteiger partial charge in [-0.25, -0.2) is 0 Å². The zero-order valence-electron chi connectivity index (χ0n) is 10.5. The van der Waals surface area contributed by atoms with E-state index in [2.05, 4.69) is 32.8 Å². The summed E-state index contributed by atoms with van der Waals surface area (Å²) in [5.74, 6) is 0. The molecule has 1 N–H and O–H groups in total. The van der Waals surface area contributed by atoms with Crippen molar-refractivity contribution in [2.24, 2.45) is 0 Å². The van der Waals surface area contributed by atoms with Crippen molar-refractivity contribution in [2.75, 3.05) is 0 Å². The second-order valence-electron chi connectivity index (χ2n) is 5.11. The molecule has 1 aromatic heterocycles. The Labute approximate surface area is 91.5 Å². The first kappa shape index (κ1) is 12.1. The van der Waals surface area contributed by atoms with Gasteiger partial charge in [0, 0.05) is 11.3 Å². The molecule has 0 aromatic carbocycles. The third kappa shape index (κ3) is 2.52. The van der Waals surface area contributed by atoms with E-state index in [1.807, 2.05) is 11.6 Å². The minimum Gasteiger partial charge on any atom is -0.284 e. The summed E-state index contributed by atoms with van der Waals surface area (Å²) in [6, 6.07) is 0. The fraction of sp³-hybridized carbons (Fsp3) is 0.750. The molecule has 0 amide bonds. The van der Waals surface area contributed by atoms with Crippen LogP contribution in [-0.2, 0) is 12.0 Å². The van der Waals surface area contributed by atoms with E-state index in [9.17, 15) is 4.79 Å². The molecule has 3 heteroatoms. The Morgan fingerprint density at radius 1 is 1.33 bits per heavy atom. The van der Waals surface area contributed by atoms with Crippen LogP contribution in [0, 0.1) is 6.92 Å². The number of aromatic amines is 1. The summed E-state index contributed by atoms with van der Waals surface area (Å²) in [7, 11) is 0. The maximum absolute atomic E-state index is 11.7. The van der Waals surface area contributed by atoms with Crippen LogP contribution in [0.4, 0.5) is 0 Å². The van der Waals surface area contributed by atoms with Crippen LogP contribution in [0.2, 0.25) is 0 Å². The average molecular weight is 210 g/mol. The summed E-state index contributed by atoms with van der Waals surface area (Å²) in [5.41, 5.74) is 2.07. The number of hydrogen-bond donors (Lipinski definition) is 1. The van der Waals surface area contributed by atoms with E-state index >= 15 is 0 Å². The van der Waals surface area contributed by atoms with E-state index in [1.54, 1.807) is 0 Å². The Hall–Kier alpha value is -0.990. The van der Waals surface area contributed by atoms with Crippen LogP contribution in [0.3, 0.4) is 0 Å². The maximum atomic E-state index is 11.7. The largest absolute Gasteiger partial charge is 0.284 e. The lowest BCUT2D eigenvalue weighted by Gasteiger charge is -2.22. The summed E-state index contributed by atoms with van der Waals surface area (Å²) in [6.45, 7) is 10.5. The summed E-state index contributed by atoms with van der Waals surface area (Å²) < 4.78 is 1.97. The minimum atomic E-state index is -0.0479. The Morgan fingerprint density at radius 3 is 2.33 bits per heavy atom. The molecule has 0 saturated carbocycles. The number of rotatable bonds is 3. The van der Waals surface area contributed by atoms with Crippen molar-refractivity contribution in [3.8, 4) is 0 Å². The molecule has 0 unspecified atom stereocenters. The summed E-state index contributed by atoms with van der Waals surface area (Å²) >= 11 is 0. The van der Waals surface area contributed by atoms with E-state index in [-0.39, 0.29) is 11.1 Å². The summed E-state index contributed by atoms with van der Waals surface area (Å²) in [4.78, 5) is 11.7. The Balaban J connectivity index is 3.10. The predicted molar refractivity (Wildman–Crippen MR) is 63.4 cm³/mol. The van der Waals surface area contributed by atoms with Gasteiger partial charge in [-0.2, -0.15) is 0 Å². The molecule has 0 bridgehead atoms. The molecule has 3 nitrogen and oxygen atoms in total. The van der Waals surface area contributed by atoms with Gasteiger partial charge in [0.15, 0.2) is 0 Å². The smallest absolute Gasteiger partial charge is 0.267 e. The Morgan fingerprint density at radius 2 is 1.93 bits per heavy atom. The van der Waals surface area contributed by atoms with Crippen LogP contribution in [-0.4, -0.2) is 9.78 Å². The highest BCUT2D eigenvalue weighted by molar-refractivity contribution is 5.17. The third-order valence-electron chi connectivity index (χ3n) is 2.71. The first-order valence-corrected chi connectivity index (χ1v) is 5.69. The van der Waals surface area contributed by atoms with Crippen molar-refractivity contribution in [3.05, 3.63) is 21.6 Å². The Bertz CT molecular complexity index is 379. The highest BCUT2D eigenvalue weighted by atomic mass is 16.1. The minimum absolute atomic E-state index is 0.0479. The molecule has 15 heavy (non-hydrogen) atoms. The molecule has 0 radical (unpaired) electrons. The van der Waals surface area contributed by atoms with Crippen LogP contribution in [0.5, 0.6) is 0 Å². The van der Waals surface area contributed by atoms with Crippen molar-refractivity contribution >= 4 is 0 Å². The zero-order valence-corrected chi connectivity index (χ0v) is 10.5. The topological polar surface area (TPSA) is 37.8 Å². The van der Waals surface area contributed by atoms with Gasteiger partial charge >= 0.3 is 0 Å². The first-order valence-electron chi connectivity index (χ1n) is 5.69. The molecule has 1 heterocycles. The normalized spacial score (nSPS) is 12.1. The van der Waals surface area contributed by atoms with E-state index < -0.39 is 0 Å². The fourth-order valence-corrected chi connectivity index (χ4v) is 1.87. The molecule has 86 valence electrons. The number of aromatic nitrogens is 2. The zero-order chi connectivity index (χ0) is 11.6. The Kier molecular flexibility index (Phi) is 3.42. The van der Waals surface area contributed by atoms with E-state index in [4.69, 9.17) is 0 Å². The van der Waals surface area contributed by atoms with E-state index in [1.165, 1.54) is 0 Å². The number of H-pyrrole nitrogens is 1. The number of hydrogen-bond acceptors (Lipinski definition) is 1. The molecular weight excluding hydrogens is 188 g/mol. The predicted octanol–water partition coefficient (Wildman–Crippen LogP) is 2.58. The van der Waals surface area contributed by atoms with Gasteiger partial charge in [-0.3, -0.25) is 14.6 Å². The van der Waals surface area contributed by atoms with Crippen molar-refractivity contribution in [3.63, 3.8) is 0 Å². The van der Waals surface area contributed by atoms with Gasteiger partial charge in [0.2, 0.25) is 0 Å². The van der Waals surface area contributed by atoms with E-state index in [0.29, 0.717) is 0 Å².